The van der Waals surface area contributed by atoms with Gasteiger partial charge in [0, 0.05) is 10.2 Å². The van der Waals surface area contributed by atoms with Crippen LogP contribution in [0.3, 0.4) is 0 Å². The van der Waals surface area contributed by atoms with Crippen LogP contribution < -0.4 is 10.0 Å². The van der Waals surface area contributed by atoms with E-state index in [0.29, 0.717) is 18.5 Å². The fourth-order valence-electron chi connectivity index (χ4n) is 1.59. The molecule has 0 spiro atoms. The molecule has 0 bridgehead atoms. The smallest absolute Gasteiger partial charge is 0.239 e. The van der Waals surface area contributed by atoms with Gasteiger partial charge < -0.3 is 5.32 Å². The number of anilines is 1. The van der Waals surface area contributed by atoms with Gasteiger partial charge >= 0.3 is 0 Å². The molecule has 0 heterocycles. The van der Waals surface area contributed by atoms with Crippen LogP contribution in [0, 0.1) is 6.92 Å². The van der Waals surface area contributed by atoms with E-state index in [2.05, 4.69) is 26.0 Å². The van der Waals surface area contributed by atoms with Crippen molar-refractivity contribution in [1.29, 1.82) is 0 Å². The van der Waals surface area contributed by atoms with Crippen LogP contribution in [0.4, 0.5) is 5.69 Å². The summed E-state index contributed by atoms with van der Waals surface area (Å²) in [6.07, 6.45) is 1.36. The summed E-state index contributed by atoms with van der Waals surface area (Å²) in [7, 11) is -3.31. The number of carbonyl (C=O) groups excluding carboxylic acids is 1. The van der Waals surface area contributed by atoms with Crippen LogP contribution in [0.15, 0.2) is 22.7 Å². The Morgan fingerprint density at radius 3 is 2.74 bits per heavy atom. The van der Waals surface area contributed by atoms with Crippen molar-refractivity contribution in [2.45, 2.75) is 25.0 Å². The fraction of sp³-hybridized carbons (Fsp3) is 0.417. The third-order valence-corrected chi connectivity index (χ3v) is 5.26. The number of aryl methyl sites for hydroxylation is 1. The number of halogens is 1. The molecule has 1 fully saturated rings. The lowest BCUT2D eigenvalue weighted by atomic mass is 10.2. The normalized spacial score (nSPS) is 15.3. The standard InChI is InChI=1S/C12H15BrN2O3S/c1-8-2-3-9(13)6-11(8)15-12(16)7-14-19(17,18)10-4-5-10/h2-3,6,10,14H,4-5,7H2,1H3,(H,15,16). The molecule has 1 aliphatic carbocycles. The molecule has 0 aromatic heterocycles. The molecule has 1 aromatic carbocycles. The van der Waals surface area contributed by atoms with E-state index in [1.54, 1.807) is 6.07 Å². The second-order valence-corrected chi connectivity index (χ2v) is 7.53. The first-order valence-corrected chi connectivity index (χ1v) is 8.27. The summed E-state index contributed by atoms with van der Waals surface area (Å²) in [5.41, 5.74) is 1.59. The molecule has 5 nitrogen and oxygen atoms in total. The van der Waals surface area contributed by atoms with Crippen molar-refractivity contribution in [1.82, 2.24) is 4.72 Å². The zero-order valence-electron chi connectivity index (χ0n) is 10.4. The SMILES string of the molecule is Cc1ccc(Br)cc1NC(=O)CNS(=O)(=O)C1CC1. The highest BCUT2D eigenvalue weighted by molar-refractivity contribution is 9.10. The van der Waals surface area contributed by atoms with Gasteiger partial charge in [-0.1, -0.05) is 22.0 Å². The van der Waals surface area contributed by atoms with Crippen molar-refractivity contribution in [2.24, 2.45) is 0 Å². The molecule has 1 aliphatic rings. The summed E-state index contributed by atoms with van der Waals surface area (Å²) < 4.78 is 26.3. The van der Waals surface area contributed by atoms with Crippen LogP contribution in [-0.4, -0.2) is 26.1 Å². The van der Waals surface area contributed by atoms with Crippen LogP contribution in [0.25, 0.3) is 0 Å². The molecule has 0 saturated heterocycles. The number of hydrogen-bond acceptors (Lipinski definition) is 3. The van der Waals surface area contributed by atoms with Crippen LogP contribution in [0.5, 0.6) is 0 Å². The zero-order chi connectivity index (χ0) is 14.0. The highest BCUT2D eigenvalue weighted by Gasteiger charge is 2.35. The molecule has 0 aliphatic heterocycles. The van der Waals surface area contributed by atoms with E-state index in [1.807, 2.05) is 19.1 Å². The van der Waals surface area contributed by atoms with Gasteiger partial charge in [-0.15, -0.1) is 0 Å². The number of sulfonamides is 1. The molecule has 1 amide bonds. The molecular formula is C12H15BrN2O3S. The predicted octanol–water partition coefficient (Wildman–Crippen LogP) is 1.78. The average Bonchev–Trinajstić information content (AvgIpc) is 3.16. The molecule has 104 valence electrons. The molecular weight excluding hydrogens is 332 g/mol. The first-order valence-electron chi connectivity index (χ1n) is 5.93. The second-order valence-electron chi connectivity index (χ2n) is 4.57. The fourth-order valence-corrected chi connectivity index (χ4v) is 3.27. The van der Waals surface area contributed by atoms with E-state index in [-0.39, 0.29) is 17.7 Å². The van der Waals surface area contributed by atoms with E-state index in [9.17, 15) is 13.2 Å². The van der Waals surface area contributed by atoms with Gasteiger partial charge in [0.05, 0.1) is 11.8 Å². The number of carbonyl (C=O) groups is 1. The number of amides is 1. The second kappa shape index (κ2) is 5.60. The Morgan fingerprint density at radius 1 is 1.42 bits per heavy atom. The third kappa shape index (κ3) is 4.02. The van der Waals surface area contributed by atoms with Crippen molar-refractivity contribution < 1.29 is 13.2 Å². The van der Waals surface area contributed by atoms with E-state index in [4.69, 9.17) is 0 Å². The van der Waals surface area contributed by atoms with Gasteiger partial charge in [0.25, 0.3) is 0 Å². The van der Waals surface area contributed by atoms with Crippen LogP contribution in [0.1, 0.15) is 18.4 Å². The Hall–Kier alpha value is -0.920. The summed E-state index contributed by atoms with van der Waals surface area (Å²) in [4.78, 5) is 11.7. The van der Waals surface area contributed by atoms with Crippen LogP contribution in [0.2, 0.25) is 0 Å². The largest absolute Gasteiger partial charge is 0.325 e. The molecule has 0 radical (unpaired) electrons. The number of rotatable bonds is 5. The average molecular weight is 347 g/mol. The molecule has 0 atom stereocenters. The Morgan fingerprint density at radius 2 is 2.11 bits per heavy atom. The van der Waals surface area contributed by atoms with Crippen molar-refractivity contribution >= 4 is 37.5 Å². The predicted molar refractivity (Wildman–Crippen MR) is 77.5 cm³/mol. The van der Waals surface area contributed by atoms with Gasteiger partial charge in [0.15, 0.2) is 0 Å². The molecule has 1 aromatic rings. The Bertz CT molecular complexity index is 597. The summed E-state index contributed by atoms with van der Waals surface area (Å²) >= 11 is 3.32. The van der Waals surface area contributed by atoms with Gasteiger partial charge in [-0.2, -0.15) is 0 Å². The maximum atomic E-state index is 11.7. The highest BCUT2D eigenvalue weighted by atomic mass is 79.9. The first-order chi connectivity index (χ1) is 8.88. The van der Waals surface area contributed by atoms with E-state index in [0.717, 1.165) is 10.0 Å². The third-order valence-electron chi connectivity index (χ3n) is 2.87. The van der Waals surface area contributed by atoms with Gasteiger partial charge in [0.2, 0.25) is 15.9 Å². The highest BCUT2D eigenvalue weighted by Crippen LogP contribution is 2.27. The minimum atomic E-state index is -3.31. The Labute approximate surface area is 121 Å². The van der Waals surface area contributed by atoms with Gasteiger partial charge in [-0.05, 0) is 37.5 Å². The van der Waals surface area contributed by atoms with Crippen molar-refractivity contribution in [3.63, 3.8) is 0 Å². The van der Waals surface area contributed by atoms with E-state index >= 15 is 0 Å². The molecule has 19 heavy (non-hydrogen) atoms. The lowest BCUT2D eigenvalue weighted by Gasteiger charge is -2.09. The van der Waals surface area contributed by atoms with Crippen molar-refractivity contribution in [3.05, 3.63) is 28.2 Å². The van der Waals surface area contributed by atoms with Crippen LogP contribution >= 0.6 is 15.9 Å². The van der Waals surface area contributed by atoms with E-state index < -0.39 is 10.0 Å². The topological polar surface area (TPSA) is 75.3 Å². The van der Waals surface area contributed by atoms with Gasteiger partial charge in [0.1, 0.15) is 0 Å². The molecule has 7 heteroatoms. The minimum absolute atomic E-state index is 0.231. The quantitative estimate of drug-likeness (QED) is 0.853. The molecule has 0 unspecified atom stereocenters. The Kier molecular flexibility index (Phi) is 4.27. The monoisotopic (exact) mass is 346 g/mol. The van der Waals surface area contributed by atoms with Gasteiger partial charge in [-0.3, -0.25) is 4.79 Å². The molecule has 1 saturated carbocycles. The summed E-state index contributed by atoms with van der Waals surface area (Å²) in [6.45, 7) is 1.64. The first kappa shape index (κ1) is 14.5. The van der Waals surface area contributed by atoms with Crippen molar-refractivity contribution in [2.75, 3.05) is 11.9 Å². The number of benzene rings is 1. The Balaban J connectivity index is 1.92. The minimum Gasteiger partial charge on any atom is -0.325 e. The van der Waals surface area contributed by atoms with Crippen LogP contribution in [-0.2, 0) is 14.8 Å². The summed E-state index contributed by atoms with van der Waals surface area (Å²) in [5.74, 6) is -0.370. The lowest BCUT2D eigenvalue weighted by Crippen LogP contribution is -2.35. The number of hydrogen-bond donors (Lipinski definition) is 2. The maximum absolute atomic E-state index is 11.7. The van der Waals surface area contributed by atoms with E-state index in [1.165, 1.54) is 0 Å². The van der Waals surface area contributed by atoms with Gasteiger partial charge in [-0.25, -0.2) is 13.1 Å². The summed E-state index contributed by atoms with van der Waals surface area (Å²) in [6, 6.07) is 5.53. The van der Waals surface area contributed by atoms with Crippen molar-refractivity contribution in [3.8, 4) is 0 Å². The lowest BCUT2D eigenvalue weighted by molar-refractivity contribution is -0.115. The zero-order valence-corrected chi connectivity index (χ0v) is 12.8. The molecule has 2 rings (SSSR count). The molecule has 2 N–H and O–H groups in total. The maximum Gasteiger partial charge on any atom is 0.239 e. The number of nitrogens with one attached hydrogen (secondary N) is 2. The summed E-state index contributed by atoms with van der Waals surface area (Å²) in [5, 5.41) is 2.37.